The van der Waals surface area contributed by atoms with Crippen molar-refractivity contribution in [2.45, 2.75) is 12.1 Å². The number of nitro benzene ring substituents is 1. The first kappa shape index (κ1) is 22.4. The molecule has 0 N–H and O–H groups in total. The number of amides is 2. The summed E-state index contributed by atoms with van der Waals surface area (Å²) in [5.41, 5.74) is 0.566. The summed E-state index contributed by atoms with van der Waals surface area (Å²) >= 11 is 0. The van der Waals surface area contributed by atoms with E-state index in [1.54, 1.807) is 29.3 Å². The Morgan fingerprint density at radius 2 is 1.70 bits per heavy atom. The summed E-state index contributed by atoms with van der Waals surface area (Å²) in [7, 11) is 0. The fourth-order valence-corrected chi connectivity index (χ4v) is 5.63. The highest BCUT2D eigenvalue weighted by Gasteiger charge is 2.63. The molecule has 4 unspecified atom stereocenters. The van der Waals surface area contributed by atoms with Crippen molar-refractivity contribution < 1.29 is 19.3 Å². The number of rotatable bonds is 4. The second-order valence-corrected chi connectivity index (χ2v) is 9.20. The highest BCUT2D eigenvalue weighted by Crippen LogP contribution is 2.47. The lowest BCUT2D eigenvalue weighted by Gasteiger charge is -2.32. The van der Waals surface area contributed by atoms with Crippen LogP contribution in [0, 0.1) is 33.3 Å². The normalized spacial score (nSPS) is 24.0. The third-order valence-electron chi connectivity index (χ3n) is 7.28. The molecule has 180 valence electrons. The van der Waals surface area contributed by atoms with Crippen LogP contribution in [0.4, 0.5) is 11.4 Å². The third-order valence-corrected chi connectivity index (χ3v) is 7.28. The van der Waals surface area contributed by atoms with Gasteiger partial charge in [-0.05, 0) is 35.1 Å². The minimum Gasteiger partial charge on any atom is -0.359 e. The summed E-state index contributed by atoms with van der Waals surface area (Å²) in [5.74, 6) is -3.36. The van der Waals surface area contributed by atoms with Crippen LogP contribution in [-0.2, 0) is 9.59 Å². The second kappa shape index (κ2) is 8.24. The van der Waals surface area contributed by atoms with Crippen molar-refractivity contribution in [1.82, 2.24) is 4.90 Å². The Kier molecular flexibility index (Phi) is 4.98. The van der Waals surface area contributed by atoms with Crippen molar-refractivity contribution in [3.05, 3.63) is 106 Å². The summed E-state index contributed by atoms with van der Waals surface area (Å²) in [4.78, 5) is 54.9. The Morgan fingerprint density at radius 3 is 2.46 bits per heavy atom. The van der Waals surface area contributed by atoms with Gasteiger partial charge in [0.2, 0.25) is 11.8 Å². The smallest absolute Gasteiger partial charge is 0.270 e. The minimum absolute atomic E-state index is 0.0754. The van der Waals surface area contributed by atoms with E-state index in [4.69, 9.17) is 0 Å². The number of non-ortho nitro benzene ring substituents is 1. The van der Waals surface area contributed by atoms with Crippen LogP contribution in [0.1, 0.15) is 10.4 Å². The standard InChI is InChI=1S/C28H18N4O5/c29-15-16-10-11-30-22(12-16)23-24(25(30)26(33)19-6-3-7-21(14-19)32(36)37)28(35)31(27(23)34)20-9-8-17-4-1-2-5-18(17)13-20/h1-14,22-25H. The molecule has 2 amide bonds. The Morgan fingerprint density at radius 1 is 0.946 bits per heavy atom. The molecule has 0 aromatic heterocycles. The molecule has 3 aliphatic rings. The van der Waals surface area contributed by atoms with Crippen molar-refractivity contribution in [3.8, 4) is 6.07 Å². The second-order valence-electron chi connectivity index (χ2n) is 9.20. The van der Waals surface area contributed by atoms with E-state index in [9.17, 15) is 29.8 Å². The van der Waals surface area contributed by atoms with Crippen molar-refractivity contribution in [2.24, 2.45) is 11.8 Å². The molecule has 37 heavy (non-hydrogen) atoms. The number of benzene rings is 3. The summed E-state index contributed by atoms with van der Waals surface area (Å²) in [6.45, 7) is 0. The average molecular weight is 490 g/mol. The van der Waals surface area contributed by atoms with Crippen LogP contribution in [0.5, 0.6) is 0 Å². The summed E-state index contributed by atoms with van der Waals surface area (Å²) < 4.78 is 0. The van der Waals surface area contributed by atoms with E-state index >= 15 is 0 Å². The number of imide groups is 1. The Hall–Kier alpha value is -5.10. The van der Waals surface area contributed by atoms with Crippen molar-refractivity contribution in [1.29, 1.82) is 5.26 Å². The monoisotopic (exact) mass is 490 g/mol. The maximum absolute atomic E-state index is 13.9. The molecule has 0 spiro atoms. The van der Waals surface area contributed by atoms with Crippen molar-refractivity contribution in [3.63, 3.8) is 0 Å². The zero-order chi connectivity index (χ0) is 25.8. The van der Waals surface area contributed by atoms with Crippen LogP contribution in [0.2, 0.25) is 0 Å². The van der Waals surface area contributed by atoms with Crippen molar-refractivity contribution >= 4 is 39.7 Å². The molecule has 4 atom stereocenters. The SMILES string of the molecule is N#CC1=CC2C3C(=O)N(c4ccc5ccccc5c4)C(=O)C3C(C(=O)c3cccc([N+](=O)[O-])c3)N2C=C1. The average Bonchev–Trinajstić information content (AvgIpc) is 3.39. The predicted molar refractivity (Wildman–Crippen MR) is 133 cm³/mol. The molecule has 2 fully saturated rings. The maximum atomic E-state index is 13.9. The molecule has 2 saturated heterocycles. The number of nitriles is 1. The van der Waals surface area contributed by atoms with Crippen LogP contribution >= 0.6 is 0 Å². The summed E-state index contributed by atoms with van der Waals surface area (Å²) in [6.07, 6.45) is 4.69. The lowest BCUT2D eigenvalue weighted by Crippen LogP contribution is -2.46. The fraction of sp³-hybridized carbons (Fsp3) is 0.143. The molecular formula is C28H18N4O5. The molecule has 3 aliphatic heterocycles. The minimum atomic E-state index is -1.06. The summed E-state index contributed by atoms with van der Waals surface area (Å²) in [6, 6.07) is 18.5. The third kappa shape index (κ3) is 3.34. The van der Waals surface area contributed by atoms with E-state index in [1.165, 1.54) is 30.3 Å². The number of anilines is 1. The zero-order valence-electron chi connectivity index (χ0n) is 19.2. The number of nitrogens with zero attached hydrogens (tertiary/aromatic N) is 4. The van der Waals surface area contributed by atoms with Crippen LogP contribution in [0.15, 0.2) is 90.7 Å². The lowest BCUT2D eigenvalue weighted by molar-refractivity contribution is -0.384. The number of fused-ring (bicyclic) bond motifs is 4. The van der Waals surface area contributed by atoms with E-state index in [0.29, 0.717) is 11.3 Å². The van der Waals surface area contributed by atoms with Crippen LogP contribution < -0.4 is 4.90 Å². The topological polar surface area (TPSA) is 125 Å². The molecule has 3 aromatic rings. The van der Waals surface area contributed by atoms with Gasteiger partial charge in [-0.1, -0.05) is 42.5 Å². The number of allylic oxidation sites excluding steroid dienone is 2. The molecule has 6 rings (SSSR count). The number of nitro groups is 1. The molecule has 9 heteroatoms. The van der Waals surface area contributed by atoms with E-state index in [0.717, 1.165) is 15.7 Å². The van der Waals surface area contributed by atoms with Gasteiger partial charge in [0.15, 0.2) is 5.78 Å². The molecule has 3 heterocycles. The van der Waals surface area contributed by atoms with Gasteiger partial charge in [0.1, 0.15) is 6.04 Å². The quantitative estimate of drug-likeness (QED) is 0.236. The van der Waals surface area contributed by atoms with Gasteiger partial charge in [0.25, 0.3) is 5.69 Å². The largest absolute Gasteiger partial charge is 0.359 e. The van der Waals surface area contributed by atoms with Gasteiger partial charge in [-0.2, -0.15) is 5.26 Å². The van der Waals surface area contributed by atoms with Crippen molar-refractivity contribution in [2.75, 3.05) is 4.90 Å². The Bertz CT molecular complexity index is 1630. The van der Waals surface area contributed by atoms with E-state index in [2.05, 4.69) is 6.07 Å². The predicted octanol–water partition coefficient (Wildman–Crippen LogP) is 3.77. The fourth-order valence-electron chi connectivity index (χ4n) is 5.63. The molecular weight excluding hydrogens is 472 g/mol. The summed E-state index contributed by atoms with van der Waals surface area (Å²) in [5, 5.41) is 22.6. The van der Waals surface area contributed by atoms with Crippen LogP contribution in [-0.4, -0.2) is 39.5 Å². The van der Waals surface area contributed by atoms with Gasteiger partial charge in [-0.15, -0.1) is 0 Å². The first-order valence-electron chi connectivity index (χ1n) is 11.6. The van der Waals surface area contributed by atoms with Gasteiger partial charge in [-0.25, -0.2) is 4.90 Å². The number of ketones is 1. The van der Waals surface area contributed by atoms with Gasteiger partial charge >= 0.3 is 0 Å². The molecule has 0 bridgehead atoms. The van der Waals surface area contributed by atoms with Gasteiger partial charge in [0, 0.05) is 23.9 Å². The number of Topliss-reactive ketones (excluding diaryl/α,β-unsaturated/α-hetero) is 1. The van der Waals surface area contributed by atoms with E-state index < -0.39 is 46.4 Å². The Labute approximate surface area is 210 Å². The van der Waals surface area contributed by atoms with E-state index in [-0.39, 0.29) is 11.3 Å². The molecule has 3 aromatic carbocycles. The number of carbonyl (C=O) groups is 3. The van der Waals surface area contributed by atoms with Crippen LogP contribution in [0.3, 0.4) is 0 Å². The van der Waals surface area contributed by atoms with Crippen LogP contribution in [0.25, 0.3) is 10.8 Å². The number of hydrogen-bond acceptors (Lipinski definition) is 7. The molecule has 0 aliphatic carbocycles. The number of hydrogen-bond donors (Lipinski definition) is 0. The number of carbonyl (C=O) groups excluding carboxylic acids is 3. The molecule has 0 saturated carbocycles. The molecule has 9 nitrogen and oxygen atoms in total. The highest BCUT2D eigenvalue weighted by molar-refractivity contribution is 6.25. The molecule has 0 radical (unpaired) electrons. The van der Waals surface area contributed by atoms with Gasteiger partial charge < -0.3 is 4.90 Å². The Balaban J connectivity index is 1.45. The maximum Gasteiger partial charge on any atom is 0.270 e. The highest BCUT2D eigenvalue weighted by atomic mass is 16.6. The van der Waals surface area contributed by atoms with Gasteiger partial charge in [-0.3, -0.25) is 24.5 Å². The lowest BCUT2D eigenvalue weighted by atomic mass is 9.86. The first-order valence-corrected chi connectivity index (χ1v) is 11.6. The zero-order valence-corrected chi connectivity index (χ0v) is 19.2. The van der Waals surface area contributed by atoms with E-state index in [1.807, 2.05) is 30.3 Å². The van der Waals surface area contributed by atoms with Gasteiger partial charge in [0.05, 0.1) is 40.1 Å². The first-order chi connectivity index (χ1) is 17.9.